The van der Waals surface area contributed by atoms with E-state index >= 15 is 0 Å². The fourth-order valence-corrected chi connectivity index (χ4v) is 3.29. The number of pyridine rings is 1. The molecule has 3 aromatic rings. The third-order valence-electron chi connectivity index (χ3n) is 4.46. The Morgan fingerprint density at radius 3 is 2.32 bits per heavy atom. The van der Waals surface area contributed by atoms with Crippen LogP contribution < -0.4 is 0 Å². The van der Waals surface area contributed by atoms with Crippen LogP contribution in [0.2, 0.25) is 0 Å². The molecule has 1 unspecified atom stereocenters. The van der Waals surface area contributed by atoms with E-state index in [9.17, 15) is 14.0 Å². The van der Waals surface area contributed by atoms with Crippen molar-refractivity contribution in [3.05, 3.63) is 65.7 Å². The number of ether oxygens (including phenoxy) is 2. The van der Waals surface area contributed by atoms with Crippen molar-refractivity contribution in [3.63, 3.8) is 0 Å². The molecule has 2 heterocycles. The highest BCUT2D eigenvalue weighted by Gasteiger charge is 2.40. The van der Waals surface area contributed by atoms with Crippen LogP contribution in [0.25, 0.3) is 11.0 Å². The Balaban J connectivity index is 2.19. The number of aromatic amines is 1. The summed E-state index contributed by atoms with van der Waals surface area (Å²) < 4.78 is 23.8. The number of esters is 2. The molecule has 1 N–H and O–H groups in total. The lowest BCUT2D eigenvalue weighted by atomic mass is 9.80. The molecule has 0 aliphatic rings. The molecule has 0 fully saturated rings. The third kappa shape index (κ3) is 3.88. The maximum atomic E-state index is 13.5. The first-order valence-corrected chi connectivity index (χ1v) is 9.07. The van der Waals surface area contributed by atoms with Gasteiger partial charge in [-0.2, -0.15) is 0 Å². The fourth-order valence-electron chi connectivity index (χ4n) is 3.29. The van der Waals surface area contributed by atoms with E-state index in [2.05, 4.69) is 9.97 Å². The average molecular weight is 384 g/mol. The van der Waals surface area contributed by atoms with Crippen molar-refractivity contribution in [1.29, 1.82) is 0 Å². The molecule has 0 saturated carbocycles. The summed E-state index contributed by atoms with van der Waals surface area (Å²) in [4.78, 5) is 32.8. The highest BCUT2D eigenvalue weighted by atomic mass is 19.1. The Morgan fingerprint density at radius 1 is 1.07 bits per heavy atom. The van der Waals surface area contributed by atoms with E-state index in [1.54, 1.807) is 44.4 Å². The van der Waals surface area contributed by atoms with Crippen LogP contribution in [-0.2, 0) is 19.1 Å². The number of carbonyl (C=O) groups is 2. The van der Waals surface area contributed by atoms with Crippen molar-refractivity contribution < 1.29 is 23.5 Å². The summed E-state index contributed by atoms with van der Waals surface area (Å²) in [7, 11) is 0. The van der Waals surface area contributed by atoms with Gasteiger partial charge in [0.15, 0.2) is 5.92 Å². The summed E-state index contributed by atoms with van der Waals surface area (Å²) in [6, 6.07) is 9.32. The molecule has 1 atom stereocenters. The van der Waals surface area contributed by atoms with E-state index in [1.807, 2.05) is 6.07 Å². The molecular formula is C21H21FN2O4. The molecule has 7 heteroatoms. The number of fused-ring (bicyclic) bond motifs is 1. The smallest absolute Gasteiger partial charge is 0.321 e. The van der Waals surface area contributed by atoms with Gasteiger partial charge < -0.3 is 14.5 Å². The van der Waals surface area contributed by atoms with E-state index < -0.39 is 29.6 Å². The number of rotatable bonds is 7. The summed E-state index contributed by atoms with van der Waals surface area (Å²) in [6.45, 7) is 3.59. The van der Waals surface area contributed by atoms with Crippen LogP contribution in [0.3, 0.4) is 0 Å². The lowest BCUT2D eigenvalue weighted by molar-refractivity contribution is -0.162. The van der Waals surface area contributed by atoms with E-state index in [4.69, 9.17) is 9.47 Å². The predicted molar refractivity (Wildman–Crippen MR) is 101 cm³/mol. The number of halogens is 1. The van der Waals surface area contributed by atoms with Crippen LogP contribution in [0.1, 0.15) is 30.9 Å². The fraction of sp³-hybridized carbons (Fsp3) is 0.286. The van der Waals surface area contributed by atoms with E-state index in [1.165, 1.54) is 12.1 Å². The molecule has 3 rings (SSSR count). The van der Waals surface area contributed by atoms with Crippen molar-refractivity contribution in [2.75, 3.05) is 13.2 Å². The van der Waals surface area contributed by atoms with Crippen molar-refractivity contribution >= 4 is 23.0 Å². The molecule has 28 heavy (non-hydrogen) atoms. The minimum absolute atomic E-state index is 0.125. The largest absolute Gasteiger partial charge is 0.465 e. The van der Waals surface area contributed by atoms with Gasteiger partial charge in [0, 0.05) is 23.7 Å². The lowest BCUT2D eigenvalue weighted by Gasteiger charge is -2.24. The van der Waals surface area contributed by atoms with Gasteiger partial charge in [0.25, 0.3) is 0 Å². The van der Waals surface area contributed by atoms with Crippen LogP contribution >= 0.6 is 0 Å². The van der Waals surface area contributed by atoms with E-state index in [-0.39, 0.29) is 13.2 Å². The topological polar surface area (TPSA) is 81.3 Å². The third-order valence-corrected chi connectivity index (χ3v) is 4.46. The summed E-state index contributed by atoms with van der Waals surface area (Å²) >= 11 is 0. The quantitative estimate of drug-likeness (QED) is 0.497. The van der Waals surface area contributed by atoms with Gasteiger partial charge in [-0.25, -0.2) is 9.37 Å². The number of hydrogen-bond acceptors (Lipinski definition) is 5. The number of aromatic nitrogens is 2. The number of nitrogens with one attached hydrogen (secondary N) is 1. The zero-order chi connectivity index (χ0) is 20.1. The molecule has 146 valence electrons. The van der Waals surface area contributed by atoms with Crippen LogP contribution in [0, 0.1) is 11.7 Å². The molecule has 0 spiro atoms. The van der Waals surface area contributed by atoms with Crippen LogP contribution in [-0.4, -0.2) is 35.1 Å². The molecule has 0 amide bonds. The van der Waals surface area contributed by atoms with E-state index in [0.717, 1.165) is 5.39 Å². The van der Waals surface area contributed by atoms with Crippen molar-refractivity contribution in [2.45, 2.75) is 19.8 Å². The monoisotopic (exact) mass is 384 g/mol. The average Bonchev–Trinajstić information content (AvgIpc) is 3.11. The van der Waals surface area contributed by atoms with Crippen LogP contribution in [0.4, 0.5) is 4.39 Å². The summed E-state index contributed by atoms with van der Waals surface area (Å²) in [5.74, 6) is -3.74. The van der Waals surface area contributed by atoms with Crippen molar-refractivity contribution in [2.24, 2.45) is 5.92 Å². The Bertz CT molecular complexity index is 950. The first-order chi connectivity index (χ1) is 13.6. The van der Waals surface area contributed by atoms with Crippen molar-refractivity contribution in [3.8, 4) is 0 Å². The number of H-pyrrole nitrogens is 1. The molecule has 0 radical (unpaired) electrons. The normalized spacial score (nSPS) is 12.1. The molecule has 6 nitrogen and oxygen atoms in total. The number of nitrogens with zero attached hydrogens (tertiary/aromatic N) is 1. The Labute approximate surface area is 161 Å². The second-order valence-corrected chi connectivity index (χ2v) is 6.15. The highest BCUT2D eigenvalue weighted by molar-refractivity contribution is 5.97. The van der Waals surface area contributed by atoms with Gasteiger partial charge in [-0.15, -0.1) is 0 Å². The molecule has 0 saturated heterocycles. The molecule has 0 bridgehead atoms. The van der Waals surface area contributed by atoms with Gasteiger partial charge in [0.2, 0.25) is 0 Å². The summed E-state index contributed by atoms with van der Waals surface area (Å²) in [6.07, 6.45) is 3.35. The molecule has 2 aromatic heterocycles. The van der Waals surface area contributed by atoms with Gasteiger partial charge in [-0.1, -0.05) is 12.1 Å². The molecule has 0 aliphatic carbocycles. The zero-order valence-corrected chi connectivity index (χ0v) is 15.6. The van der Waals surface area contributed by atoms with Gasteiger partial charge in [0.05, 0.1) is 13.2 Å². The SMILES string of the molecule is CCOC(=O)C(C(=O)OCC)C(c1ccc(F)cc1)c1c[nH]c2ncccc12. The second kappa shape index (κ2) is 8.65. The Kier molecular flexibility index (Phi) is 6.03. The lowest BCUT2D eigenvalue weighted by Crippen LogP contribution is -2.34. The molecule has 1 aromatic carbocycles. The van der Waals surface area contributed by atoms with Crippen LogP contribution in [0.15, 0.2) is 48.8 Å². The maximum Gasteiger partial charge on any atom is 0.321 e. The predicted octanol–water partition coefficient (Wildman–Crippen LogP) is 3.58. The molecular weight excluding hydrogens is 363 g/mol. The number of hydrogen-bond donors (Lipinski definition) is 1. The second-order valence-electron chi connectivity index (χ2n) is 6.15. The van der Waals surface area contributed by atoms with Gasteiger partial charge in [-0.05, 0) is 49.2 Å². The first kappa shape index (κ1) is 19.5. The maximum absolute atomic E-state index is 13.5. The Hall–Kier alpha value is -3.22. The van der Waals surface area contributed by atoms with Gasteiger partial charge >= 0.3 is 11.9 Å². The summed E-state index contributed by atoms with van der Waals surface area (Å²) in [5, 5.41) is 0.760. The Morgan fingerprint density at radius 2 is 1.71 bits per heavy atom. The van der Waals surface area contributed by atoms with Gasteiger partial charge in [-0.3, -0.25) is 9.59 Å². The van der Waals surface area contributed by atoms with Crippen molar-refractivity contribution in [1.82, 2.24) is 9.97 Å². The minimum atomic E-state index is -1.23. The van der Waals surface area contributed by atoms with Crippen LogP contribution in [0.5, 0.6) is 0 Å². The number of carbonyl (C=O) groups excluding carboxylic acids is 2. The first-order valence-electron chi connectivity index (χ1n) is 9.07. The number of benzene rings is 1. The summed E-state index contributed by atoms with van der Waals surface area (Å²) in [5.41, 5.74) is 1.90. The van der Waals surface area contributed by atoms with E-state index in [0.29, 0.717) is 16.8 Å². The standard InChI is InChI=1S/C21H21FN2O4/c1-3-27-20(25)18(21(26)28-4-2)17(13-7-9-14(22)10-8-13)16-12-24-19-15(16)6-5-11-23-19/h5-12,17-18H,3-4H2,1-2H3,(H,23,24). The van der Waals surface area contributed by atoms with Gasteiger partial charge in [0.1, 0.15) is 11.5 Å². The zero-order valence-electron chi connectivity index (χ0n) is 15.6. The minimum Gasteiger partial charge on any atom is -0.465 e. The molecule has 0 aliphatic heterocycles. The highest BCUT2D eigenvalue weighted by Crippen LogP contribution is 2.37.